The molecule has 3 aromatic rings. The minimum absolute atomic E-state index is 0.0477. The minimum Gasteiger partial charge on any atom is -0.385 e. The zero-order valence-corrected chi connectivity index (χ0v) is 23.6. The van der Waals surface area contributed by atoms with Crippen LogP contribution in [0.5, 0.6) is 0 Å². The summed E-state index contributed by atoms with van der Waals surface area (Å²) in [6.45, 7) is 1.19. The molecule has 3 aliphatic rings. The monoisotopic (exact) mass is 593 g/mol. The number of carbonyl (C=O) groups excluding carboxylic acids is 2. The highest BCUT2D eigenvalue weighted by Gasteiger charge is 2.48. The molecular weight excluding hydrogens is 559 g/mol. The standard InChI is InChI=1S/C32H34F3N5O3/c33-32(34,35)24-4-1-3-22(19-24)30(42)38-20-28(41)40-18-12-26-27(40)11-17-39(26)25-9-13-31(43,14-10-25)23-7-5-21(6-8-23)29-36-15-2-16-37-29/h1-8,15-16,19,25-27,43H,9-14,17-18,20H2,(H,38,42)/t25?,26-,27-,31?/m0/s1. The fourth-order valence-electron chi connectivity index (χ4n) is 7.06. The maximum Gasteiger partial charge on any atom is 0.416 e. The van der Waals surface area contributed by atoms with Gasteiger partial charge < -0.3 is 15.3 Å². The van der Waals surface area contributed by atoms with Crippen molar-refractivity contribution in [2.45, 2.75) is 68.4 Å². The number of rotatable bonds is 6. The molecular formula is C32H34F3N5O3. The summed E-state index contributed by atoms with van der Waals surface area (Å²) < 4.78 is 39.0. The van der Waals surface area contributed by atoms with E-state index in [9.17, 15) is 27.9 Å². The molecule has 2 atom stereocenters. The second-order valence-electron chi connectivity index (χ2n) is 11.7. The summed E-state index contributed by atoms with van der Waals surface area (Å²) in [7, 11) is 0. The third-order valence-electron chi connectivity index (χ3n) is 9.29. The largest absolute Gasteiger partial charge is 0.416 e. The van der Waals surface area contributed by atoms with Crippen molar-refractivity contribution in [2.75, 3.05) is 19.6 Å². The van der Waals surface area contributed by atoms with Gasteiger partial charge in [-0.2, -0.15) is 13.2 Å². The number of alkyl halides is 3. The maximum absolute atomic E-state index is 13.1. The number of carbonyl (C=O) groups is 2. The maximum atomic E-state index is 13.1. The second-order valence-corrected chi connectivity index (χ2v) is 11.7. The van der Waals surface area contributed by atoms with Crippen LogP contribution in [0.15, 0.2) is 67.0 Å². The first kappa shape index (κ1) is 29.3. The van der Waals surface area contributed by atoms with E-state index in [-0.39, 0.29) is 30.1 Å². The zero-order chi connectivity index (χ0) is 30.2. The molecule has 3 fully saturated rings. The van der Waals surface area contributed by atoms with Crippen LogP contribution in [0, 0.1) is 0 Å². The van der Waals surface area contributed by atoms with Crippen molar-refractivity contribution < 1.29 is 27.9 Å². The quantitative estimate of drug-likeness (QED) is 0.440. The third-order valence-corrected chi connectivity index (χ3v) is 9.29. The number of fused-ring (bicyclic) bond motifs is 1. The van der Waals surface area contributed by atoms with Crippen molar-refractivity contribution in [3.8, 4) is 11.4 Å². The molecule has 0 bridgehead atoms. The summed E-state index contributed by atoms with van der Waals surface area (Å²) in [4.78, 5) is 38.4. The lowest BCUT2D eigenvalue weighted by molar-refractivity contribution is -0.137. The number of nitrogens with one attached hydrogen (secondary N) is 1. The van der Waals surface area contributed by atoms with E-state index in [1.54, 1.807) is 18.5 Å². The molecule has 2 N–H and O–H groups in total. The molecule has 1 saturated carbocycles. The van der Waals surface area contributed by atoms with Gasteiger partial charge in [0.25, 0.3) is 5.91 Å². The molecule has 0 radical (unpaired) electrons. The molecule has 0 unspecified atom stereocenters. The van der Waals surface area contributed by atoms with Crippen molar-refractivity contribution >= 4 is 11.8 Å². The van der Waals surface area contributed by atoms with Crippen LogP contribution >= 0.6 is 0 Å². The van der Waals surface area contributed by atoms with Gasteiger partial charge in [0.15, 0.2) is 5.82 Å². The van der Waals surface area contributed by atoms with Crippen LogP contribution in [0.3, 0.4) is 0 Å². The fraction of sp³-hybridized carbons (Fsp3) is 0.438. The first-order valence-corrected chi connectivity index (χ1v) is 14.7. The summed E-state index contributed by atoms with van der Waals surface area (Å²) in [5.74, 6) is -0.284. The lowest BCUT2D eigenvalue weighted by Crippen LogP contribution is -2.47. The number of benzene rings is 2. The van der Waals surface area contributed by atoms with Gasteiger partial charge in [-0.05, 0) is 68.4 Å². The number of nitrogens with zero attached hydrogens (tertiary/aromatic N) is 4. The van der Waals surface area contributed by atoms with E-state index in [0.29, 0.717) is 31.3 Å². The molecule has 1 aliphatic carbocycles. The smallest absolute Gasteiger partial charge is 0.385 e. The predicted molar refractivity (Wildman–Crippen MR) is 153 cm³/mol. The van der Waals surface area contributed by atoms with E-state index in [2.05, 4.69) is 20.2 Å². The lowest BCUT2D eigenvalue weighted by atomic mass is 9.77. The molecule has 2 saturated heterocycles. The van der Waals surface area contributed by atoms with E-state index < -0.39 is 23.2 Å². The summed E-state index contributed by atoms with van der Waals surface area (Å²) >= 11 is 0. The molecule has 11 heteroatoms. The first-order valence-electron chi connectivity index (χ1n) is 14.7. The molecule has 2 amide bonds. The van der Waals surface area contributed by atoms with Gasteiger partial charge in [0.05, 0.1) is 17.7 Å². The fourth-order valence-corrected chi connectivity index (χ4v) is 7.06. The second kappa shape index (κ2) is 11.7. The first-order chi connectivity index (χ1) is 20.6. The Hall–Kier alpha value is -3.83. The van der Waals surface area contributed by atoms with Crippen LogP contribution in [0.25, 0.3) is 11.4 Å². The van der Waals surface area contributed by atoms with Gasteiger partial charge in [0.2, 0.25) is 5.91 Å². The van der Waals surface area contributed by atoms with Gasteiger partial charge in [-0.3, -0.25) is 14.5 Å². The van der Waals surface area contributed by atoms with Gasteiger partial charge in [-0.15, -0.1) is 0 Å². The number of hydrogen-bond donors (Lipinski definition) is 2. The van der Waals surface area contributed by atoms with Crippen molar-refractivity contribution in [3.63, 3.8) is 0 Å². The van der Waals surface area contributed by atoms with Crippen molar-refractivity contribution in [3.05, 3.63) is 83.7 Å². The van der Waals surface area contributed by atoms with Crippen molar-refractivity contribution in [1.82, 2.24) is 25.1 Å². The number of hydrogen-bond acceptors (Lipinski definition) is 6. The van der Waals surface area contributed by atoms with Gasteiger partial charge in [0, 0.05) is 54.7 Å². The molecule has 2 aromatic carbocycles. The van der Waals surface area contributed by atoms with E-state index >= 15 is 0 Å². The van der Waals surface area contributed by atoms with Crippen molar-refractivity contribution in [2.24, 2.45) is 0 Å². The summed E-state index contributed by atoms with van der Waals surface area (Å²) in [6, 6.07) is 14.4. The summed E-state index contributed by atoms with van der Waals surface area (Å²) in [5.41, 5.74) is -0.124. The van der Waals surface area contributed by atoms with Crippen molar-refractivity contribution in [1.29, 1.82) is 0 Å². The minimum atomic E-state index is -4.55. The molecule has 8 nitrogen and oxygen atoms in total. The summed E-state index contributed by atoms with van der Waals surface area (Å²) in [5, 5.41) is 14.0. The third kappa shape index (κ3) is 6.01. The highest BCUT2D eigenvalue weighted by molar-refractivity contribution is 5.96. The van der Waals surface area contributed by atoms with Crippen LogP contribution in [0.2, 0.25) is 0 Å². The van der Waals surface area contributed by atoms with Crippen LogP contribution in [-0.4, -0.2) is 74.4 Å². The molecule has 6 rings (SSSR count). The average molecular weight is 594 g/mol. The van der Waals surface area contributed by atoms with Gasteiger partial charge >= 0.3 is 6.18 Å². The molecule has 0 spiro atoms. The normalized spacial score (nSPS) is 25.9. The number of amides is 2. The molecule has 2 aliphatic heterocycles. The summed E-state index contributed by atoms with van der Waals surface area (Å²) in [6.07, 6.45) is 3.53. The van der Waals surface area contributed by atoms with E-state index in [1.807, 2.05) is 29.2 Å². The Morgan fingerprint density at radius 3 is 2.33 bits per heavy atom. The Morgan fingerprint density at radius 2 is 1.63 bits per heavy atom. The van der Waals surface area contributed by atoms with Gasteiger partial charge in [0.1, 0.15) is 0 Å². The van der Waals surface area contributed by atoms with E-state index in [4.69, 9.17) is 0 Å². The molecule has 1 aromatic heterocycles. The molecule has 43 heavy (non-hydrogen) atoms. The SMILES string of the molecule is O=C(NCC(=O)N1CC[C@H]2[C@@H]1CCN2C1CCC(O)(c2ccc(-c3ncccn3)cc2)CC1)c1cccc(C(F)(F)F)c1. The Balaban J connectivity index is 1.01. The van der Waals surface area contributed by atoms with E-state index in [1.165, 1.54) is 12.1 Å². The van der Waals surface area contributed by atoms with Crippen LogP contribution in [-0.2, 0) is 16.6 Å². The Labute approximate surface area is 247 Å². The number of halogens is 3. The van der Waals surface area contributed by atoms with Crippen LogP contribution in [0.1, 0.15) is 60.0 Å². The Bertz CT molecular complexity index is 1460. The number of aliphatic hydroxyl groups is 1. The molecule has 3 heterocycles. The zero-order valence-electron chi connectivity index (χ0n) is 23.6. The highest BCUT2D eigenvalue weighted by atomic mass is 19.4. The Kier molecular flexibility index (Phi) is 7.95. The van der Waals surface area contributed by atoms with Gasteiger partial charge in [-0.1, -0.05) is 30.3 Å². The van der Waals surface area contributed by atoms with E-state index in [0.717, 1.165) is 55.5 Å². The average Bonchev–Trinajstić information content (AvgIpc) is 3.63. The van der Waals surface area contributed by atoms with Crippen LogP contribution < -0.4 is 5.32 Å². The Morgan fingerprint density at radius 1 is 0.930 bits per heavy atom. The molecule has 226 valence electrons. The van der Waals surface area contributed by atoms with Crippen LogP contribution in [0.4, 0.5) is 13.2 Å². The predicted octanol–water partition coefficient (Wildman–Crippen LogP) is 4.40. The lowest BCUT2D eigenvalue weighted by Gasteiger charge is -2.41. The van der Waals surface area contributed by atoms with Gasteiger partial charge in [-0.25, -0.2) is 9.97 Å². The highest BCUT2D eigenvalue weighted by Crippen LogP contribution is 2.42. The topological polar surface area (TPSA) is 98.7 Å². The number of aromatic nitrogens is 2. The number of likely N-dealkylation sites (tertiary alicyclic amines) is 2.